The van der Waals surface area contributed by atoms with Gasteiger partial charge < -0.3 is 20.5 Å². The molecular weight excluding hydrogens is 300 g/mol. The number of amides is 2. The summed E-state index contributed by atoms with van der Waals surface area (Å²) in [6.45, 7) is 5.67. The van der Waals surface area contributed by atoms with Gasteiger partial charge in [-0.1, -0.05) is 12.1 Å². The van der Waals surface area contributed by atoms with E-state index >= 15 is 0 Å². The fourth-order valence-corrected chi connectivity index (χ4v) is 1.64. The van der Waals surface area contributed by atoms with Gasteiger partial charge in [-0.3, -0.25) is 9.59 Å². The molecule has 0 saturated heterocycles. The molecule has 126 valence electrons. The van der Waals surface area contributed by atoms with Gasteiger partial charge in [0.2, 0.25) is 5.91 Å². The lowest BCUT2D eigenvalue weighted by molar-refractivity contribution is -0.138. The number of benzene rings is 1. The van der Waals surface area contributed by atoms with Gasteiger partial charge in [-0.2, -0.15) is 0 Å². The Morgan fingerprint density at radius 2 is 1.70 bits per heavy atom. The Morgan fingerprint density at radius 1 is 1.09 bits per heavy atom. The summed E-state index contributed by atoms with van der Waals surface area (Å²) in [7, 11) is 0. The topological polar surface area (TPSA) is 105 Å². The molecule has 0 saturated carbocycles. The molecule has 0 atom stereocenters. The van der Waals surface area contributed by atoms with E-state index < -0.39 is 17.7 Å². The fraction of sp³-hybridized carbons (Fsp3) is 0.438. The van der Waals surface area contributed by atoms with Crippen molar-refractivity contribution < 1.29 is 24.2 Å². The van der Waals surface area contributed by atoms with Crippen molar-refractivity contribution in [3.8, 4) is 0 Å². The third kappa shape index (κ3) is 8.45. The number of rotatable bonds is 6. The first kappa shape index (κ1) is 18.5. The Bertz CT molecular complexity index is 561. The molecule has 3 N–H and O–H groups in total. The molecule has 2 amide bonds. The minimum Gasteiger partial charge on any atom is -0.481 e. The van der Waals surface area contributed by atoms with Crippen molar-refractivity contribution in [2.75, 3.05) is 5.32 Å². The van der Waals surface area contributed by atoms with Gasteiger partial charge in [0, 0.05) is 18.7 Å². The van der Waals surface area contributed by atoms with Gasteiger partial charge in [0.05, 0.1) is 6.42 Å². The Morgan fingerprint density at radius 3 is 2.22 bits per heavy atom. The number of alkyl carbamates (subject to hydrolysis) is 1. The van der Waals surface area contributed by atoms with Crippen LogP contribution in [-0.4, -0.2) is 28.7 Å². The van der Waals surface area contributed by atoms with Gasteiger partial charge in [-0.25, -0.2) is 4.79 Å². The van der Waals surface area contributed by atoms with Crippen molar-refractivity contribution in [3.63, 3.8) is 0 Å². The van der Waals surface area contributed by atoms with Crippen LogP contribution in [0.15, 0.2) is 24.3 Å². The summed E-state index contributed by atoms with van der Waals surface area (Å²) in [6, 6.07) is 6.88. The number of hydrogen-bond donors (Lipinski definition) is 3. The maximum absolute atomic E-state index is 11.5. The van der Waals surface area contributed by atoms with Crippen LogP contribution in [0.1, 0.15) is 39.2 Å². The lowest BCUT2D eigenvalue weighted by atomic mass is 10.2. The number of carboxylic acids is 1. The number of aliphatic carboxylic acids is 1. The van der Waals surface area contributed by atoms with Gasteiger partial charge in [0.1, 0.15) is 5.60 Å². The summed E-state index contributed by atoms with van der Waals surface area (Å²) < 4.78 is 5.13. The molecule has 0 spiro atoms. The smallest absolute Gasteiger partial charge is 0.407 e. The highest BCUT2D eigenvalue weighted by Gasteiger charge is 2.15. The average Bonchev–Trinajstić information content (AvgIpc) is 2.42. The van der Waals surface area contributed by atoms with Crippen LogP contribution in [-0.2, 0) is 20.9 Å². The van der Waals surface area contributed by atoms with E-state index in [9.17, 15) is 14.4 Å². The second kappa shape index (κ2) is 8.17. The molecule has 0 radical (unpaired) electrons. The molecule has 0 aliphatic rings. The van der Waals surface area contributed by atoms with Gasteiger partial charge in [0.15, 0.2) is 0 Å². The van der Waals surface area contributed by atoms with Crippen LogP contribution in [0.2, 0.25) is 0 Å². The standard InChI is InChI=1S/C16H22N2O5/c1-16(2,3)23-15(22)17-10-11-4-6-12(7-5-11)18-13(19)8-9-14(20)21/h4-7H,8-10H2,1-3H3,(H,17,22)(H,18,19)(H,20,21). The highest BCUT2D eigenvalue weighted by atomic mass is 16.6. The van der Waals surface area contributed by atoms with Gasteiger partial charge in [0.25, 0.3) is 0 Å². The highest BCUT2D eigenvalue weighted by molar-refractivity contribution is 5.92. The molecule has 0 fully saturated rings. The molecule has 7 heteroatoms. The lowest BCUT2D eigenvalue weighted by Gasteiger charge is -2.19. The van der Waals surface area contributed by atoms with Gasteiger partial charge in [-0.05, 0) is 38.5 Å². The fourth-order valence-electron chi connectivity index (χ4n) is 1.64. The van der Waals surface area contributed by atoms with E-state index in [1.54, 1.807) is 45.0 Å². The highest BCUT2D eigenvalue weighted by Crippen LogP contribution is 2.11. The molecule has 1 rings (SSSR count). The van der Waals surface area contributed by atoms with E-state index in [-0.39, 0.29) is 18.7 Å². The van der Waals surface area contributed by atoms with Crippen molar-refractivity contribution >= 4 is 23.7 Å². The zero-order valence-corrected chi connectivity index (χ0v) is 13.5. The first-order chi connectivity index (χ1) is 10.7. The predicted molar refractivity (Wildman–Crippen MR) is 85.0 cm³/mol. The molecule has 1 aromatic carbocycles. The summed E-state index contributed by atoms with van der Waals surface area (Å²) >= 11 is 0. The van der Waals surface area contributed by atoms with E-state index in [1.807, 2.05) is 0 Å². The maximum atomic E-state index is 11.5. The second-order valence-electron chi connectivity index (χ2n) is 5.99. The zero-order valence-electron chi connectivity index (χ0n) is 13.5. The minimum atomic E-state index is -1.01. The quantitative estimate of drug-likeness (QED) is 0.746. The maximum Gasteiger partial charge on any atom is 0.407 e. The van der Waals surface area contributed by atoms with Crippen molar-refractivity contribution in [2.24, 2.45) is 0 Å². The third-order valence-corrected chi connectivity index (χ3v) is 2.64. The molecule has 1 aromatic rings. The molecule has 23 heavy (non-hydrogen) atoms. The SMILES string of the molecule is CC(C)(C)OC(=O)NCc1ccc(NC(=O)CCC(=O)O)cc1. The lowest BCUT2D eigenvalue weighted by Crippen LogP contribution is -2.32. The van der Waals surface area contributed by atoms with E-state index in [4.69, 9.17) is 9.84 Å². The number of nitrogens with one attached hydrogen (secondary N) is 2. The second-order valence-corrected chi connectivity index (χ2v) is 5.99. The Kier molecular flexibility index (Phi) is 6.56. The Balaban J connectivity index is 2.43. The first-order valence-corrected chi connectivity index (χ1v) is 7.23. The summed E-state index contributed by atoms with van der Waals surface area (Å²) in [6.07, 6.45) is -0.773. The van der Waals surface area contributed by atoms with Crippen molar-refractivity contribution in [3.05, 3.63) is 29.8 Å². The van der Waals surface area contributed by atoms with Crippen molar-refractivity contribution in [1.29, 1.82) is 0 Å². The minimum absolute atomic E-state index is 0.0721. The van der Waals surface area contributed by atoms with E-state index in [0.717, 1.165) is 5.56 Å². The number of ether oxygens (including phenoxy) is 1. The number of anilines is 1. The molecule has 0 aliphatic carbocycles. The largest absolute Gasteiger partial charge is 0.481 e. The van der Waals surface area contributed by atoms with Crippen molar-refractivity contribution in [2.45, 2.75) is 45.8 Å². The number of hydrogen-bond acceptors (Lipinski definition) is 4. The van der Waals surface area contributed by atoms with Crippen LogP contribution >= 0.6 is 0 Å². The number of carbonyl (C=O) groups excluding carboxylic acids is 2. The molecule has 0 aliphatic heterocycles. The van der Waals surface area contributed by atoms with Crippen LogP contribution in [0, 0.1) is 0 Å². The van der Waals surface area contributed by atoms with Crippen LogP contribution in [0.4, 0.5) is 10.5 Å². The Labute approximate surface area is 135 Å². The van der Waals surface area contributed by atoms with Crippen LogP contribution < -0.4 is 10.6 Å². The first-order valence-electron chi connectivity index (χ1n) is 7.23. The van der Waals surface area contributed by atoms with E-state index in [0.29, 0.717) is 12.2 Å². The molecule has 7 nitrogen and oxygen atoms in total. The zero-order chi connectivity index (χ0) is 17.5. The number of carboxylic acid groups (broad SMARTS) is 1. The van der Waals surface area contributed by atoms with Crippen LogP contribution in [0.5, 0.6) is 0 Å². The van der Waals surface area contributed by atoms with Crippen LogP contribution in [0.3, 0.4) is 0 Å². The summed E-state index contributed by atoms with van der Waals surface area (Å²) in [5, 5.41) is 13.8. The molecule has 0 unspecified atom stereocenters. The Hall–Kier alpha value is -2.57. The van der Waals surface area contributed by atoms with Crippen LogP contribution in [0.25, 0.3) is 0 Å². The summed E-state index contributed by atoms with van der Waals surface area (Å²) in [5.74, 6) is -1.37. The monoisotopic (exact) mass is 322 g/mol. The van der Waals surface area contributed by atoms with E-state index in [2.05, 4.69) is 10.6 Å². The van der Waals surface area contributed by atoms with Gasteiger partial charge >= 0.3 is 12.1 Å². The summed E-state index contributed by atoms with van der Waals surface area (Å²) in [5.41, 5.74) is 0.870. The van der Waals surface area contributed by atoms with Crippen molar-refractivity contribution in [1.82, 2.24) is 5.32 Å². The molecular formula is C16H22N2O5. The number of carbonyl (C=O) groups is 3. The van der Waals surface area contributed by atoms with Gasteiger partial charge in [-0.15, -0.1) is 0 Å². The average molecular weight is 322 g/mol. The molecule has 0 aromatic heterocycles. The predicted octanol–water partition coefficient (Wildman–Crippen LogP) is 2.51. The molecule has 0 heterocycles. The summed E-state index contributed by atoms with van der Waals surface area (Å²) in [4.78, 5) is 33.4. The third-order valence-electron chi connectivity index (χ3n) is 2.64. The van der Waals surface area contributed by atoms with E-state index in [1.165, 1.54) is 0 Å². The molecule has 0 bridgehead atoms. The normalized spacial score (nSPS) is 10.7.